The van der Waals surface area contributed by atoms with Crippen LogP contribution in [0.2, 0.25) is 0 Å². The van der Waals surface area contributed by atoms with E-state index in [1.54, 1.807) is 0 Å². The van der Waals surface area contributed by atoms with Gasteiger partial charge in [-0.25, -0.2) is 0 Å². The average Bonchev–Trinajstić information content (AvgIpc) is 2.39. The van der Waals surface area contributed by atoms with Gasteiger partial charge in [-0.15, -0.1) is 0 Å². The van der Waals surface area contributed by atoms with E-state index in [2.05, 4.69) is 57.1 Å². The Kier molecular flexibility index (Phi) is 13.2. The van der Waals surface area contributed by atoms with E-state index in [9.17, 15) is 0 Å². The molecule has 0 aliphatic rings. The summed E-state index contributed by atoms with van der Waals surface area (Å²) in [5.74, 6) is 1.51. The molecule has 0 aliphatic heterocycles. The summed E-state index contributed by atoms with van der Waals surface area (Å²) in [5, 5.41) is 7.13. The Morgan fingerprint density at radius 2 is 1.45 bits per heavy atom. The molecule has 0 amide bonds. The van der Waals surface area contributed by atoms with Gasteiger partial charge in [-0.05, 0) is 38.5 Å². The van der Waals surface area contributed by atoms with Crippen LogP contribution in [0.15, 0.2) is 0 Å². The van der Waals surface area contributed by atoms with E-state index >= 15 is 0 Å². The molecule has 0 saturated heterocycles. The molecule has 22 heavy (non-hydrogen) atoms. The molecule has 0 aromatic rings. The molecule has 4 heteroatoms. The maximum Gasteiger partial charge on any atom is 0.0110 e. The van der Waals surface area contributed by atoms with Crippen molar-refractivity contribution in [3.05, 3.63) is 0 Å². The van der Waals surface area contributed by atoms with E-state index in [0.717, 1.165) is 51.1 Å². The minimum Gasteiger partial charge on any atom is -0.329 e. The largest absolute Gasteiger partial charge is 0.329 e. The summed E-state index contributed by atoms with van der Waals surface area (Å²) < 4.78 is 0. The quantitative estimate of drug-likeness (QED) is 0.431. The zero-order valence-electron chi connectivity index (χ0n) is 16.0. The summed E-state index contributed by atoms with van der Waals surface area (Å²) in [5.41, 5.74) is 5.75. The minimum atomic E-state index is 0.613. The Labute approximate surface area is 139 Å². The molecule has 4 N–H and O–H groups in total. The molecule has 2 unspecified atom stereocenters. The van der Waals surface area contributed by atoms with E-state index in [1.165, 1.54) is 12.8 Å². The molecule has 134 valence electrons. The summed E-state index contributed by atoms with van der Waals surface area (Å²) >= 11 is 0. The number of nitrogens with zero attached hydrogens (tertiary/aromatic N) is 1. The van der Waals surface area contributed by atoms with Gasteiger partial charge in [-0.2, -0.15) is 0 Å². The fourth-order valence-corrected chi connectivity index (χ4v) is 3.09. The molecule has 0 fully saturated rings. The van der Waals surface area contributed by atoms with Crippen molar-refractivity contribution in [3.63, 3.8) is 0 Å². The van der Waals surface area contributed by atoms with E-state index in [-0.39, 0.29) is 0 Å². The van der Waals surface area contributed by atoms with Gasteiger partial charge in [-0.1, -0.05) is 27.7 Å². The maximum atomic E-state index is 5.75. The lowest BCUT2D eigenvalue weighted by atomic mass is 10.0. The highest BCUT2D eigenvalue weighted by molar-refractivity contribution is 4.71. The Morgan fingerprint density at radius 3 is 2.00 bits per heavy atom. The van der Waals surface area contributed by atoms with Gasteiger partial charge in [-0.3, -0.25) is 4.90 Å². The molecule has 0 aliphatic carbocycles. The van der Waals surface area contributed by atoms with Crippen LogP contribution in [0.1, 0.15) is 54.4 Å². The third-order valence-corrected chi connectivity index (χ3v) is 4.05. The number of hydrogen-bond acceptors (Lipinski definition) is 4. The van der Waals surface area contributed by atoms with Crippen molar-refractivity contribution in [1.29, 1.82) is 0 Å². The standard InChI is InChI=1S/C18H42N4/c1-15(2)13-17(5)21-9-8-20-10-12-22(11-7-19)18(6)14-16(3)4/h15-18,20-21H,7-14,19H2,1-6H3. The summed E-state index contributed by atoms with van der Waals surface area (Å²) in [7, 11) is 0. The van der Waals surface area contributed by atoms with Crippen LogP contribution in [0, 0.1) is 11.8 Å². The predicted octanol–water partition coefficient (Wildman–Crippen LogP) is 2.30. The topological polar surface area (TPSA) is 53.3 Å². The molecule has 0 saturated carbocycles. The first-order valence-electron chi connectivity index (χ1n) is 9.25. The van der Waals surface area contributed by atoms with E-state index < -0.39 is 0 Å². The highest BCUT2D eigenvalue weighted by atomic mass is 15.2. The van der Waals surface area contributed by atoms with Gasteiger partial charge in [0.25, 0.3) is 0 Å². The molecule has 0 aromatic carbocycles. The van der Waals surface area contributed by atoms with Crippen LogP contribution in [0.3, 0.4) is 0 Å². The second-order valence-electron chi connectivity index (χ2n) is 7.54. The van der Waals surface area contributed by atoms with Gasteiger partial charge in [0.05, 0.1) is 0 Å². The van der Waals surface area contributed by atoms with Gasteiger partial charge in [0.2, 0.25) is 0 Å². The van der Waals surface area contributed by atoms with Gasteiger partial charge >= 0.3 is 0 Å². The van der Waals surface area contributed by atoms with Crippen molar-refractivity contribution in [2.75, 3.05) is 39.3 Å². The number of rotatable bonds is 14. The lowest BCUT2D eigenvalue weighted by Gasteiger charge is -2.30. The molecule has 0 rings (SSSR count). The Bertz CT molecular complexity index is 243. The first-order chi connectivity index (χ1) is 10.4. The zero-order valence-corrected chi connectivity index (χ0v) is 16.0. The third-order valence-electron chi connectivity index (χ3n) is 4.05. The number of hydrogen-bond donors (Lipinski definition) is 3. The van der Waals surface area contributed by atoms with E-state index in [4.69, 9.17) is 5.73 Å². The lowest BCUT2D eigenvalue weighted by molar-refractivity contribution is 0.192. The van der Waals surface area contributed by atoms with E-state index in [0.29, 0.717) is 12.1 Å². The average molecular weight is 315 g/mol. The van der Waals surface area contributed by atoms with Crippen LogP contribution in [0.4, 0.5) is 0 Å². The molecule has 0 radical (unpaired) electrons. The highest BCUT2D eigenvalue weighted by Crippen LogP contribution is 2.10. The number of nitrogens with one attached hydrogen (secondary N) is 2. The Balaban J connectivity index is 3.76. The van der Waals surface area contributed by atoms with Crippen LogP contribution in [0.5, 0.6) is 0 Å². The summed E-state index contributed by atoms with van der Waals surface area (Å²) in [4.78, 5) is 2.52. The SMILES string of the molecule is CC(C)CC(C)NCCNCCN(CCN)C(C)CC(C)C. The second-order valence-corrected chi connectivity index (χ2v) is 7.54. The van der Waals surface area contributed by atoms with Crippen molar-refractivity contribution in [2.24, 2.45) is 17.6 Å². The van der Waals surface area contributed by atoms with Crippen molar-refractivity contribution < 1.29 is 0 Å². The molecule has 0 spiro atoms. The molecule has 2 atom stereocenters. The fourth-order valence-electron chi connectivity index (χ4n) is 3.09. The van der Waals surface area contributed by atoms with Gasteiger partial charge < -0.3 is 16.4 Å². The summed E-state index contributed by atoms with van der Waals surface area (Å²) in [6, 6.07) is 1.23. The molecule has 0 bridgehead atoms. The van der Waals surface area contributed by atoms with Crippen LogP contribution < -0.4 is 16.4 Å². The van der Waals surface area contributed by atoms with E-state index in [1.807, 2.05) is 0 Å². The van der Waals surface area contributed by atoms with Crippen LogP contribution in [-0.4, -0.2) is 56.3 Å². The molecule has 0 aromatic heterocycles. The molecular weight excluding hydrogens is 272 g/mol. The summed E-state index contributed by atoms with van der Waals surface area (Å²) in [6.45, 7) is 19.7. The van der Waals surface area contributed by atoms with Gasteiger partial charge in [0.1, 0.15) is 0 Å². The first-order valence-corrected chi connectivity index (χ1v) is 9.25. The van der Waals surface area contributed by atoms with Crippen molar-refractivity contribution in [2.45, 2.75) is 66.5 Å². The Hall–Kier alpha value is -0.160. The Morgan fingerprint density at radius 1 is 0.818 bits per heavy atom. The smallest absolute Gasteiger partial charge is 0.0110 e. The third kappa shape index (κ3) is 12.4. The normalized spacial score (nSPS) is 15.0. The molecule has 0 heterocycles. The first kappa shape index (κ1) is 21.8. The van der Waals surface area contributed by atoms with Gasteiger partial charge in [0, 0.05) is 51.4 Å². The molecule has 4 nitrogen and oxygen atoms in total. The van der Waals surface area contributed by atoms with Crippen LogP contribution in [-0.2, 0) is 0 Å². The predicted molar refractivity (Wildman–Crippen MR) is 99.3 cm³/mol. The number of nitrogens with two attached hydrogens (primary N) is 1. The van der Waals surface area contributed by atoms with Crippen molar-refractivity contribution in [1.82, 2.24) is 15.5 Å². The highest BCUT2D eigenvalue weighted by Gasteiger charge is 2.13. The van der Waals surface area contributed by atoms with Crippen molar-refractivity contribution in [3.8, 4) is 0 Å². The maximum absolute atomic E-state index is 5.75. The lowest BCUT2D eigenvalue weighted by Crippen LogP contribution is -2.43. The zero-order chi connectivity index (χ0) is 17.0. The fraction of sp³-hybridized carbons (Fsp3) is 1.00. The van der Waals surface area contributed by atoms with Crippen molar-refractivity contribution >= 4 is 0 Å². The van der Waals surface area contributed by atoms with Gasteiger partial charge in [0.15, 0.2) is 0 Å². The molecular formula is C18H42N4. The summed E-state index contributed by atoms with van der Waals surface area (Å²) in [6.07, 6.45) is 2.49. The van der Waals surface area contributed by atoms with Crippen LogP contribution >= 0.6 is 0 Å². The monoisotopic (exact) mass is 314 g/mol. The minimum absolute atomic E-state index is 0.613. The second kappa shape index (κ2) is 13.3. The van der Waals surface area contributed by atoms with Crippen LogP contribution in [0.25, 0.3) is 0 Å².